The van der Waals surface area contributed by atoms with Gasteiger partial charge in [-0.2, -0.15) is 0 Å². The van der Waals surface area contributed by atoms with Gasteiger partial charge in [0, 0.05) is 29.3 Å². The van der Waals surface area contributed by atoms with Gasteiger partial charge in [0.05, 0.1) is 17.0 Å². The highest BCUT2D eigenvalue weighted by atomic mass is 16.2. The SMILES string of the molecule is CCNC(=O)C#Cc1ccc2c(c1)NC(=O)/C2=C(\Nc1ccc(C)cc1)c1ccccc1. The number of nitrogens with one attached hydrogen (secondary N) is 3. The third-order valence-electron chi connectivity index (χ3n) is 5.06. The smallest absolute Gasteiger partial charge is 0.296 e. The summed E-state index contributed by atoms with van der Waals surface area (Å²) >= 11 is 0. The van der Waals surface area contributed by atoms with E-state index in [0.29, 0.717) is 23.4 Å². The summed E-state index contributed by atoms with van der Waals surface area (Å²) in [6.45, 7) is 4.40. The van der Waals surface area contributed by atoms with Gasteiger partial charge in [-0.15, -0.1) is 0 Å². The first-order valence-electron chi connectivity index (χ1n) is 10.4. The van der Waals surface area contributed by atoms with Gasteiger partial charge in [0.15, 0.2) is 0 Å². The van der Waals surface area contributed by atoms with Gasteiger partial charge < -0.3 is 16.0 Å². The number of anilines is 2. The van der Waals surface area contributed by atoms with Crippen LogP contribution < -0.4 is 16.0 Å². The molecule has 0 radical (unpaired) electrons. The zero-order chi connectivity index (χ0) is 22.5. The molecular weight excluding hydrogens is 398 g/mol. The normalized spacial score (nSPS) is 13.4. The number of carbonyl (C=O) groups excluding carboxylic acids is 2. The Balaban J connectivity index is 1.77. The van der Waals surface area contributed by atoms with E-state index < -0.39 is 0 Å². The minimum atomic E-state index is -0.328. The van der Waals surface area contributed by atoms with E-state index in [1.54, 1.807) is 6.07 Å². The second kappa shape index (κ2) is 9.23. The summed E-state index contributed by atoms with van der Waals surface area (Å²) in [5.41, 5.74) is 6.38. The van der Waals surface area contributed by atoms with Gasteiger partial charge in [-0.1, -0.05) is 60.0 Å². The largest absolute Gasteiger partial charge is 0.354 e. The van der Waals surface area contributed by atoms with E-state index in [1.165, 1.54) is 0 Å². The molecule has 3 aromatic carbocycles. The Bertz CT molecular complexity index is 1260. The first kappa shape index (κ1) is 21.0. The van der Waals surface area contributed by atoms with Crippen LogP contribution in [0.3, 0.4) is 0 Å². The number of hydrogen-bond acceptors (Lipinski definition) is 3. The second-order valence-electron chi connectivity index (χ2n) is 7.43. The highest BCUT2D eigenvalue weighted by Gasteiger charge is 2.28. The van der Waals surface area contributed by atoms with Crippen LogP contribution in [0.1, 0.15) is 29.2 Å². The summed E-state index contributed by atoms with van der Waals surface area (Å²) in [7, 11) is 0. The molecular formula is C27H23N3O2. The first-order chi connectivity index (χ1) is 15.5. The Hall–Kier alpha value is -4.30. The zero-order valence-corrected chi connectivity index (χ0v) is 18.0. The summed E-state index contributed by atoms with van der Waals surface area (Å²) in [5.74, 6) is 4.90. The van der Waals surface area contributed by atoms with Crippen LogP contribution in [-0.4, -0.2) is 18.4 Å². The van der Waals surface area contributed by atoms with E-state index in [0.717, 1.165) is 28.1 Å². The summed E-state index contributed by atoms with van der Waals surface area (Å²) < 4.78 is 0. The minimum Gasteiger partial charge on any atom is -0.354 e. The van der Waals surface area contributed by atoms with Crippen molar-refractivity contribution in [2.45, 2.75) is 13.8 Å². The molecule has 5 nitrogen and oxygen atoms in total. The second-order valence-corrected chi connectivity index (χ2v) is 7.43. The lowest BCUT2D eigenvalue weighted by Crippen LogP contribution is -2.20. The van der Waals surface area contributed by atoms with E-state index in [9.17, 15) is 9.59 Å². The van der Waals surface area contributed by atoms with E-state index in [1.807, 2.05) is 80.6 Å². The topological polar surface area (TPSA) is 70.2 Å². The van der Waals surface area contributed by atoms with Crippen LogP contribution in [0.2, 0.25) is 0 Å². The fraction of sp³-hybridized carbons (Fsp3) is 0.111. The van der Waals surface area contributed by atoms with Crippen molar-refractivity contribution in [1.82, 2.24) is 5.32 Å². The maximum atomic E-state index is 13.0. The molecule has 3 N–H and O–H groups in total. The lowest BCUT2D eigenvalue weighted by Gasteiger charge is -2.15. The Morgan fingerprint density at radius 1 is 1.00 bits per heavy atom. The monoisotopic (exact) mass is 421 g/mol. The number of carbonyl (C=O) groups is 2. The third-order valence-corrected chi connectivity index (χ3v) is 5.06. The molecule has 0 fully saturated rings. The number of benzene rings is 3. The van der Waals surface area contributed by atoms with Crippen molar-refractivity contribution in [2.75, 3.05) is 17.2 Å². The van der Waals surface area contributed by atoms with Gasteiger partial charge in [0.2, 0.25) is 0 Å². The summed E-state index contributed by atoms with van der Waals surface area (Å²) in [4.78, 5) is 24.7. The molecule has 2 amide bonds. The molecule has 1 aliphatic heterocycles. The highest BCUT2D eigenvalue weighted by molar-refractivity contribution is 6.37. The number of fused-ring (bicyclic) bond motifs is 1. The molecule has 0 aromatic heterocycles. The summed E-state index contributed by atoms with van der Waals surface area (Å²) in [6, 6.07) is 23.3. The van der Waals surface area contributed by atoms with Gasteiger partial charge in [0.1, 0.15) is 0 Å². The molecule has 0 saturated heterocycles. The Kier molecular flexibility index (Phi) is 6.05. The Labute approximate surface area is 187 Å². The number of aryl methyl sites for hydroxylation is 1. The predicted molar refractivity (Wildman–Crippen MR) is 129 cm³/mol. The highest BCUT2D eigenvalue weighted by Crippen LogP contribution is 2.38. The van der Waals surface area contributed by atoms with Crippen LogP contribution in [0, 0.1) is 18.8 Å². The Morgan fingerprint density at radius 3 is 2.47 bits per heavy atom. The minimum absolute atomic E-state index is 0.188. The predicted octanol–water partition coefficient (Wildman–Crippen LogP) is 4.42. The van der Waals surface area contributed by atoms with Crippen LogP contribution in [-0.2, 0) is 9.59 Å². The molecule has 5 heteroatoms. The molecule has 0 saturated carbocycles. The van der Waals surface area contributed by atoms with Crippen molar-refractivity contribution in [2.24, 2.45) is 0 Å². The lowest BCUT2D eigenvalue weighted by molar-refractivity contribution is -0.115. The average molecular weight is 422 g/mol. The number of rotatable bonds is 4. The van der Waals surface area contributed by atoms with Crippen LogP contribution >= 0.6 is 0 Å². The quantitative estimate of drug-likeness (QED) is 0.432. The lowest BCUT2D eigenvalue weighted by atomic mass is 9.99. The molecule has 1 aliphatic rings. The molecule has 1 heterocycles. The molecule has 0 unspecified atom stereocenters. The molecule has 0 bridgehead atoms. The molecule has 0 aliphatic carbocycles. The van der Waals surface area contributed by atoms with Gasteiger partial charge in [-0.25, -0.2) is 0 Å². The fourth-order valence-electron chi connectivity index (χ4n) is 3.50. The van der Waals surface area contributed by atoms with Crippen LogP contribution in [0.25, 0.3) is 11.3 Å². The Morgan fingerprint density at radius 2 is 1.75 bits per heavy atom. The van der Waals surface area contributed by atoms with Crippen molar-refractivity contribution in [3.8, 4) is 11.8 Å². The van der Waals surface area contributed by atoms with Crippen molar-refractivity contribution < 1.29 is 9.59 Å². The molecule has 4 rings (SSSR count). The molecule has 32 heavy (non-hydrogen) atoms. The molecule has 3 aromatic rings. The fourth-order valence-corrected chi connectivity index (χ4v) is 3.50. The summed E-state index contributed by atoms with van der Waals surface area (Å²) in [6.07, 6.45) is 0. The van der Waals surface area contributed by atoms with E-state index in [-0.39, 0.29) is 11.8 Å². The zero-order valence-electron chi connectivity index (χ0n) is 18.0. The average Bonchev–Trinajstić information content (AvgIpc) is 3.13. The maximum Gasteiger partial charge on any atom is 0.296 e. The standard InChI is InChI=1S/C27H23N3O2/c1-3-28-24(31)16-12-19-11-15-22-23(17-19)30-27(32)25(22)26(20-7-5-4-6-8-20)29-21-13-9-18(2)10-14-21/h4-11,13-15,17,29H,3H2,1-2H3,(H,28,31)(H,30,32)/b26-25-. The van der Waals surface area contributed by atoms with Gasteiger partial charge in [0.25, 0.3) is 11.8 Å². The number of hydrogen-bond donors (Lipinski definition) is 3. The molecule has 0 atom stereocenters. The van der Waals surface area contributed by atoms with Gasteiger partial charge in [-0.05, 0) is 43.7 Å². The number of amides is 2. The van der Waals surface area contributed by atoms with E-state index >= 15 is 0 Å². The van der Waals surface area contributed by atoms with Gasteiger partial charge in [-0.3, -0.25) is 9.59 Å². The van der Waals surface area contributed by atoms with Crippen LogP contribution in [0.15, 0.2) is 72.8 Å². The van der Waals surface area contributed by atoms with Gasteiger partial charge >= 0.3 is 0 Å². The summed E-state index contributed by atoms with van der Waals surface area (Å²) in [5, 5.41) is 9.03. The molecule has 158 valence electrons. The van der Waals surface area contributed by atoms with Crippen LogP contribution in [0.5, 0.6) is 0 Å². The maximum absolute atomic E-state index is 13.0. The van der Waals surface area contributed by atoms with Crippen molar-refractivity contribution in [3.05, 3.63) is 95.1 Å². The van der Waals surface area contributed by atoms with Crippen LogP contribution in [0.4, 0.5) is 11.4 Å². The first-order valence-corrected chi connectivity index (χ1v) is 10.4. The van der Waals surface area contributed by atoms with Crippen molar-refractivity contribution in [3.63, 3.8) is 0 Å². The van der Waals surface area contributed by atoms with E-state index in [2.05, 4.69) is 27.8 Å². The molecule has 0 spiro atoms. The third kappa shape index (κ3) is 4.55. The van der Waals surface area contributed by atoms with Crippen molar-refractivity contribution >= 4 is 34.5 Å². The van der Waals surface area contributed by atoms with E-state index in [4.69, 9.17) is 0 Å². The van der Waals surface area contributed by atoms with Crippen molar-refractivity contribution in [1.29, 1.82) is 0 Å².